The number of nitrogens with zero attached hydrogens (tertiary/aromatic N) is 4. The van der Waals surface area contributed by atoms with E-state index in [1.54, 1.807) is 36.5 Å². The summed E-state index contributed by atoms with van der Waals surface area (Å²) in [5.41, 5.74) is 0.317. The molecule has 0 aliphatic carbocycles. The average Bonchev–Trinajstić information content (AvgIpc) is 3.07. The number of halogens is 5. The van der Waals surface area contributed by atoms with Crippen LogP contribution in [-0.4, -0.2) is 19.4 Å². The molecule has 9 heteroatoms. The van der Waals surface area contributed by atoms with Gasteiger partial charge < -0.3 is 0 Å². The Hall–Kier alpha value is -2.64. The predicted octanol–water partition coefficient (Wildman–Crippen LogP) is 5.78. The Balaban J connectivity index is 2.05. The lowest BCUT2D eigenvalue weighted by molar-refractivity contribution is -0.142. The second-order valence-corrected chi connectivity index (χ2v) is 6.44. The van der Waals surface area contributed by atoms with Crippen LogP contribution < -0.4 is 0 Å². The minimum atomic E-state index is -4.62. The molecule has 1 aromatic carbocycles. The predicted molar refractivity (Wildman–Crippen MR) is 96.7 cm³/mol. The van der Waals surface area contributed by atoms with Gasteiger partial charge in [0.05, 0.1) is 15.7 Å². The fourth-order valence-electron chi connectivity index (χ4n) is 2.73. The van der Waals surface area contributed by atoms with E-state index in [-0.39, 0.29) is 27.1 Å². The molecule has 4 nitrogen and oxygen atoms in total. The maximum atomic E-state index is 13.7. The first kappa shape index (κ1) is 17.8. The highest BCUT2D eigenvalue weighted by Gasteiger charge is 2.35. The summed E-state index contributed by atoms with van der Waals surface area (Å²) in [6.45, 7) is 0. The van der Waals surface area contributed by atoms with E-state index in [1.807, 2.05) is 0 Å². The van der Waals surface area contributed by atoms with Crippen LogP contribution in [0.25, 0.3) is 28.2 Å². The number of hydrogen-bond donors (Lipinski definition) is 0. The minimum absolute atomic E-state index is 0.0452. The van der Waals surface area contributed by atoms with Crippen LogP contribution in [-0.2, 0) is 6.18 Å². The van der Waals surface area contributed by atoms with Crippen LogP contribution in [0.2, 0.25) is 10.0 Å². The summed E-state index contributed by atoms with van der Waals surface area (Å²) in [4.78, 5) is 12.5. The van der Waals surface area contributed by atoms with Crippen molar-refractivity contribution in [2.24, 2.45) is 0 Å². The molecular weight excluding hydrogens is 400 g/mol. The number of fused-ring (bicyclic) bond motifs is 1. The molecule has 0 radical (unpaired) electrons. The van der Waals surface area contributed by atoms with Crippen LogP contribution in [0.1, 0.15) is 5.69 Å². The van der Waals surface area contributed by atoms with Crippen LogP contribution in [0.4, 0.5) is 13.2 Å². The quantitative estimate of drug-likeness (QED) is 0.421. The molecule has 0 aliphatic heterocycles. The lowest BCUT2D eigenvalue weighted by Crippen LogP contribution is -2.12. The van der Waals surface area contributed by atoms with Crippen molar-refractivity contribution in [2.75, 3.05) is 0 Å². The molecule has 0 N–H and O–H groups in total. The molecule has 0 saturated carbocycles. The molecule has 4 aromatic rings. The fraction of sp³-hybridized carbons (Fsp3) is 0.0556. The van der Waals surface area contributed by atoms with Crippen molar-refractivity contribution in [3.63, 3.8) is 0 Å². The topological polar surface area (TPSA) is 43.1 Å². The van der Waals surface area contributed by atoms with Gasteiger partial charge in [-0.05, 0) is 24.3 Å². The van der Waals surface area contributed by atoms with Gasteiger partial charge in [-0.2, -0.15) is 13.2 Å². The van der Waals surface area contributed by atoms with Gasteiger partial charge in [0.2, 0.25) is 0 Å². The van der Waals surface area contributed by atoms with Gasteiger partial charge in [-0.3, -0.25) is 9.38 Å². The fourth-order valence-corrected chi connectivity index (χ4v) is 3.13. The van der Waals surface area contributed by atoms with Crippen LogP contribution in [0, 0.1) is 0 Å². The summed E-state index contributed by atoms with van der Waals surface area (Å²) in [5.74, 6) is 0. The van der Waals surface area contributed by atoms with Crippen LogP contribution in [0.15, 0.2) is 55.1 Å². The SMILES string of the molecule is FC(F)(F)c1cc(-c2cccc(Cl)c2Cl)nc2c(-c3cccnc3)ncn12. The zero-order valence-corrected chi connectivity index (χ0v) is 14.9. The lowest BCUT2D eigenvalue weighted by atomic mass is 10.1. The molecule has 0 saturated heterocycles. The molecule has 3 aromatic heterocycles. The maximum absolute atomic E-state index is 13.7. The summed E-state index contributed by atoms with van der Waals surface area (Å²) in [6, 6.07) is 9.01. The van der Waals surface area contributed by atoms with Gasteiger partial charge in [-0.1, -0.05) is 35.3 Å². The highest BCUT2D eigenvalue weighted by molar-refractivity contribution is 6.43. The van der Waals surface area contributed by atoms with Crippen molar-refractivity contribution in [1.29, 1.82) is 0 Å². The third kappa shape index (κ3) is 3.13. The van der Waals surface area contributed by atoms with Crippen LogP contribution >= 0.6 is 23.2 Å². The standard InChI is InChI=1S/C18H9Cl2F3N4/c19-12-5-1-4-11(15(12)20)13-7-14(18(21,22)23)27-9-25-16(17(27)26-13)10-3-2-6-24-8-10/h1-9H. The first-order chi connectivity index (χ1) is 12.9. The van der Waals surface area contributed by atoms with Crippen molar-refractivity contribution in [2.45, 2.75) is 6.18 Å². The normalized spacial score (nSPS) is 11.9. The number of rotatable bonds is 2. The number of aromatic nitrogens is 4. The average molecular weight is 409 g/mol. The van der Waals surface area contributed by atoms with Crippen molar-refractivity contribution in [3.8, 4) is 22.5 Å². The third-order valence-electron chi connectivity index (χ3n) is 3.95. The van der Waals surface area contributed by atoms with E-state index in [2.05, 4.69) is 15.0 Å². The van der Waals surface area contributed by atoms with Crippen molar-refractivity contribution < 1.29 is 13.2 Å². The molecule has 136 valence electrons. The van der Waals surface area contributed by atoms with E-state index in [9.17, 15) is 13.2 Å². The number of pyridine rings is 1. The molecule has 0 amide bonds. The van der Waals surface area contributed by atoms with Gasteiger partial charge in [0, 0.05) is 23.5 Å². The summed E-state index contributed by atoms with van der Waals surface area (Å²) in [7, 11) is 0. The number of imidazole rings is 1. The molecule has 4 rings (SSSR count). The first-order valence-corrected chi connectivity index (χ1v) is 8.42. The van der Waals surface area contributed by atoms with E-state index in [0.29, 0.717) is 11.1 Å². The van der Waals surface area contributed by atoms with Gasteiger partial charge in [-0.25, -0.2) is 9.97 Å². The molecule has 3 heterocycles. The zero-order valence-electron chi connectivity index (χ0n) is 13.4. The molecule has 0 spiro atoms. The second-order valence-electron chi connectivity index (χ2n) is 5.65. The largest absolute Gasteiger partial charge is 0.431 e. The summed E-state index contributed by atoms with van der Waals surface area (Å²) >= 11 is 12.2. The van der Waals surface area contributed by atoms with Gasteiger partial charge in [0.25, 0.3) is 0 Å². The van der Waals surface area contributed by atoms with E-state index in [1.165, 1.54) is 6.20 Å². The van der Waals surface area contributed by atoms with Gasteiger partial charge in [0.1, 0.15) is 17.7 Å². The van der Waals surface area contributed by atoms with E-state index < -0.39 is 11.9 Å². The Labute approximate surface area is 161 Å². The number of benzene rings is 1. The molecule has 0 bridgehead atoms. The highest BCUT2D eigenvalue weighted by Crippen LogP contribution is 2.37. The smallest absolute Gasteiger partial charge is 0.278 e. The van der Waals surface area contributed by atoms with Crippen molar-refractivity contribution >= 4 is 28.8 Å². The first-order valence-electron chi connectivity index (χ1n) is 7.66. The molecule has 27 heavy (non-hydrogen) atoms. The molecular formula is C18H9Cl2F3N4. The van der Waals surface area contributed by atoms with Gasteiger partial charge in [-0.15, -0.1) is 0 Å². The second kappa shape index (κ2) is 6.51. The van der Waals surface area contributed by atoms with E-state index >= 15 is 0 Å². The molecule has 0 fully saturated rings. The minimum Gasteiger partial charge on any atom is -0.278 e. The number of alkyl halides is 3. The number of hydrogen-bond acceptors (Lipinski definition) is 3. The van der Waals surface area contributed by atoms with E-state index in [4.69, 9.17) is 23.2 Å². The van der Waals surface area contributed by atoms with E-state index in [0.717, 1.165) is 16.8 Å². The Bertz CT molecular complexity index is 1140. The maximum Gasteiger partial charge on any atom is 0.431 e. The monoisotopic (exact) mass is 408 g/mol. The molecule has 0 aliphatic rings. The highest BCUT2D eigenvalue weighted by atomic mass is 35.5. The van der Waals surface area contributed by atoms with Gasteiger partial charge >= 0.3 is 6.18 Å². The van der Waals surface area contributed by atoms with Gasteiger partial charge in [0.15, 0.2) is 5.65 Å². The van der Waals surface area contributed by atoms with Crippen LogP contribution in [0.3, 0.4) is 0 Å². The summed E-state index contributed by atoms with van der Waals surface area (Å²) in [5, 5.41) is 0.358. The summed E-state index contributed by atoms with van der Waals surface area (Å²) in [6.07, 6.45) is -0.450. The Morgan fingerprint density at radius 1 is 1.04 bits per heavy atom. The Morgan fingerprint density at radius 2 is 1.85 bits per heavy atom. The third-order valence-corrected chi connectivity index (χ3v) is 4.77. The van der Waals surface area contributed by atoms with Crippen LogP contribution in [0.5, 0.6) is 0 Å². The Morgan fingerprint density at radius 3 is 2.56 bits per heavy atom. The summed E-state index contributed by atoms with van der Waals surface area (Å²) < 4.78 is 41.9. The molecule has 0 atom stereocenters. The molecule has 0 unspecified atom stereocenters. The van der Waals surface area contributed by atoms with Crippen molar-refractivity contribution in [1.82, 2.24) is 19.4 Å². The Kier molecular flexibility index (Phi) is 4.28. The zero-order chi connectivity index (χ0) is 19.2. The lowest BCUT2D eigenvalue weighted by Gasteiger charge is -2.13. The van der Waals surface area contributed by atoms with Crippen molar-refractivity contribution in [3.05, 3.63) is 70.9 Å².